The topological polar surface area (TPSA) is 85.8 Å². The van der Waals surface area contributed by atoms with Crippen LogP contribution in [0.3, 0.4) is 0 Å². The lowest BCUT2D eigenvalue weighted by Crippen LogP contribution is -2.69. The average molecular weight is 486 g/mol. The van der Waals surface area contributed by atoms with Crippen molar-refractivity contribution < 1.29 is 23.2 Å². The Morgan fingerprint density at radius 1 is 1.14 bits per heavy atom. The highest BCUT2D eigenvalue weighted by Gasteiger charge is 2.57. The van der Waals surface area contributed by atoms with Crippen LogP contribution in [0.1, 0.15) is 38.3 Å². The zero-order valence-corrected chi connectivity index (χ0v) is 20.0. The third kappa shape index (κ3) is 4.82. The van der Waals surface area contributed by atoms with Gasteiger partial charge >= 0.3 is 6.03 Å². The van der Waals surface area contributed by atoms with Gasteiger partial charge in [-0.15, -0.1) is 0 Å². The second-order valence-electron chi connectivity index (χ2n) is 9.46. The van der Waals surface area contributed by atoms with Crippen molar-refractivity contribution in [1.29, 1.82) is 0 Å². The van der Waals surface area contributed by atoms with E-state index in [0.717, 1.165) is 6.92 Å². The molecule has 4 amide bonds. The molecular weight excluding hydrogens is 456 g/mol. The first-order valence-corrected chi connectivity index (χ1v) is 11.6. The molecule has 1 spiro atoms. The number of nitrogens with zero attached hydrogens (tertiary/aromatic N) is 4. The van der Waals surface area contributed by atoms with Crippen LogP contribution in [0.2, 0.25) is 0 Å². The van der Waals surface area contributed by atoms with E-state index < -0.39 is 11.5 Å². The highest BCUT2D eigenvalue weighted by Crippen LogP contribution is 2.36. The van der Waals surface area contributed by atoms with Crippen molar-refractivity contribution >= 4 is 23.5 Å². The van der Waals surface area contributed by atoms with Gasteiger partial charge in [0, 0.05) is 49.7 Å². The molecule has 10 heteroatoms. The first kappa shape index (κ1) is 24.6. The zero-order valence-electron chi connectivity index (χ0n) is 20.0. The molecule has 0 bridgehead atoms. The Balaban J connectivity index is 1.60. The normalized spacial score (nSPS) is 20.8. The zero-order chi connectivity index (χ0) is 25.4. The van der Waals surface area contributed by atoms with Crippen LogP contribution in [-0.4, -0.2) is 68.7 Å². The number of halogens is 2. The van der Waals surface area contributed by atoms with E-state index in [1.165, 1.54) is 21.9 Å². The van der Waals surface area contributed by atoms with E-state index >= 15 is 0 Å². The Morgan fingerprint density at radius 2 is 1.80 bits per heavy atom. The van der Waals surface area contributed by atoms with Gasteiger partial charge in [-0.25, -0.2) is 13.6 Å². The maximum Gasteiger partial charge on any atom is 0.321 e. The van der Waals surface area contributed by atoms with Crippen molar-refractivity contribution in [1.82, 2.24) is 19.7 Å². The highest BCUT2D eigenvalue weighted by molar-refractivity contribution is 6.00. The van der Waals surface area contributed by atoms with Crippen molar-refractivity contribution in [2.24, 2.45) is 0 Å². The van der Waals surface area contributed by atoms with E-state index in [4.69, 9.17) is 0 Å². The number of piperazine rings is 1. The SMILES string of the molecule is CC(C)N1CC(=O)N(Cc2ccc(C(C)(F)F)cc2)C2(CCN(C(=O)Nc3ccncc3)C2)C1=O. The van der Waals surface area contributed by atoms with Gasteiger partial charge in [0.2, 0.25) is 5.91 Å². The molecular formula is C25H29F2N5O3. The van der Waals surface area contributed by atoms with Gasteiger partial charge in [0.05, 0.1) is 6.54 Å². The number of alkyl halides is 2. The number of nitrogens with one attached hydrogen (secondary N) is 1. The van der Waals surface area contributed by atoms with Crippen LogP contribution in [0.5, 0.6) is 0 Å². The minimum absolute atomic E-state index is 0.0445. The standard InChI is InChI=1S/C25H29F2N5O3/c1-17(2)31-15-21(33)32(14-18-4-6-19(7-5-18)24(3,26)27)25(22(31)34)10-13-30(16-25)23(35)29-20-8-11-28-12-9-20/h4-9,11-12,17H,10,13-16H2,1-3H3,(H,28,29,35). The maximum atomic E-state index is 13.7. The van der Waals surface area contributed by atoms with Gasteiger partial charge < -0.3 is 20.0 Å². The van der Waals surface area contributed by atoms with Crippen molar-refractivity contribution in [2.45, 2.75) is 51.2 Å². The Hall–Kier alpha value is -3.56. The number of rotatable bonds is 5. The van der Waals surface area contributed by atoms with Crippen LogP contribution in [0.25, 0.3) is 0 Å². The summed E-state index contributed by atoms with van der Waals surface area (Å²) in [5.41, 5.74) is -0.132. The van der Waals surface area contributed by atoms with Gasteiger partial charge in [0.25, 0.3) is 11.8 Å². The summed E-state index contributed by atoms with van der Waals surface area (Å²) in [5.74, 6) is -3.41. The van der Waals surface area contributed by atoms with Crippen LogP contribution in [-0.2, 0) is 22.1 Å². The molecule has 0 aliphatic carbocycles. The lowest BCUT2D eigenvalue weighted by Gasteiger charge is -2.48. The van der Waals surface area contributed by atoms with Crippen molar-refractivity contribution in [3.8, 4) is 0 Å². The minimum atomic E-state index is -2.97. The molecule has 1 aromatic heterocycles. The molecule has 3 heterocycles. The Bertz CT molecular complexity index is 1100. The summed E-state index contributed by atoms with van der Waals surface area (Å²) in [4.78, 5) is 48.5. The number of aromatic nitrogens is 1. The first-order valence-electron chi connectivity index (χ1n) is 11.6. The van der Waals surface area contributed by atoms with Gasteiger partial charge in [0.15, 0.2) is 0 Å². The summed E-state index contributed by atoms with van der Waals surface area (Å²) in [7, 11) is 0. The fourth-order valence-corrected chi connectivity index (χ4v) is 4.67. The summed E-state index contributed by atoms with van der Waals surface area (Å²) in [6, 6.07) is 8.54. The van der Waals surface area contributed by atoms with E-state index in [1.807, 2.05) is 13.8 Å². The van der Waals surface area contributed by atoms with E-state index in [0.29, 0.717) is 17.8 Å². The Labute approximate surface area is 202 Å². The van der Waals surface area contributed by atoms with Crippen LogP contribution in [0, 0.1) is 0 Å². The molecule has 2 aliphatic rings. The summed E-state index contributed by atoms with van der Waals surface area (Å²) >= 11 is 0. The lowest BCUT2D eigenvalue weighted by atomic mass is 9.89. The van der Waals surface area contributed by atoms with E-state index in [2.05, 4.69) is 10.3 Å². The molecule has 2 fully saturated rings. The van der Waals surface area contributed by atoms with Gasteiger partial charge in [-0.05, 0) is 38.0 Å². The number of likely N-dealkylation sites (tertiary alicyclic amines) is 1. The summed E-state index contributed by atoms with van der Waals surface area (Å²) in [6.07, 6.45) is 3.41. The molecule has 0 radical (unpaired) electrons. The predicted molar refractivity (Wildman–Crippen MR) is 126 cm³/mol. The Morgan fingerprint density at radius 3 is 2.40 bits per heavy atom. The molecule has 1 unspecified atom stereocenters. The Kier molecular flexibility index (Phi) is 6.48. The number of urea groups is 1. The fourth-order valence-electron chi connectivity index (χ4n) is 4.67. The fraction of sp³-hybridized carbons (Fsp3) is 0.440. The molecule has 2 saturated heterocycles. The summed E-state index contributed by atoms with van der Waals surface area (Å²) in [6.45, 7) is 4.89. The number of amides is 4. The number of anilines is 1. The molecule has 1 N–H and O–H groups in total. The van der Waals surface area contributed by atoms with E-state index in [9.17, 15) is 23.2 Å². The molecule has 1 atom stereocenters. The summed E-state index contributed by atoms with van der Waals surface area (Å²) < 4.78 is 27.3. The van der Waals surface area contributed by atoms with Crippen LogP contribution in [0.15, 0.2) is 48.8 Å². The molecule has 2 aromatic rings. The molecule has 186 valence electrons. The number of hydrogen-bond acceptors (Lipinski definition) is 4. The molecule has 8 nitrogen and oxygen atoms in total. The van der Waals surface area contributed by atoms with Gasteiger partial charge in [0.1, 0.15) is 12.1 Å². The smallest absolute Gasteiger partial charge is 0.321 e. The first-order chi connectivity index (χ1) is 16.5. The van der Waals surface area contributed by atoms with Gasteiger partial charge in [-0.2, -0.15) is 0 Å². The maximum absolute atomic E-state index is 13.7. The molecule has 0 saturated carbocycles. The monoisotopic (exact) mass is 485 g/mol. The van der Waals surface area contributed by atoms with Crippen molar-refractivity contribution in [3.05, 3.63) is 59.9 Å². The molecule has 2 aliphatic heterocycles. The number of benzene rings is 1. The molecule has 4 rings (SSSR count). The van der Waals surface area contributed by atoms with Crippen molar-refractivity contribution in [3.63, 3.8) is 0 Å². The second-order valence-corrected chi connectivity index (χ2v) is 9.46. The van der Waals surface area contributed by atoms with Gasteiger partial charge in [-0.3, -0.25) is 14.6 Å². The van der Waals surface area contributed by atoms with Gasteiger partial charge in [-0.1, -0.05) is 24.3 Å². The quantitative estimate of drug-likeness (QED) is 0.703. The van der Waals surface area contributed by atoms with Crippen LogP contribution < -0.4 is 5.32 Å². The largest absolute Gasteiger partial charge is 0.329 e. The minimum Gasteiger partial charge on any atom is -0.329 e. The number of carbonyl (C=O) groups is 3. The average Bonchev–Trinajstić information content (AvgIpc) is 3.26. The summed E-state index contributed by atoms with van der Waals surface area (Å²) in [5, 5.41) is 2.80. The van der Waals surface area contributed by atoms with E-state index in [-0.39, 0.29) is 55.5 Å². The number of pyridine rings is 1. The second kappa shape index (κ2) is 9.24. The third-order valence-electron chi connectivity index (χ3n) is 6.67. The molecule has 35 heavy (non-hydrogen) atoms. The molecule has 1 aromatic carbocycles. The van der Waals surface area contributed by atoms with Crippen LogP contribution >= 0.6 is 0 Å². The number of hydrogen-bond donors (Lipinski definition) is 1. The van der Waals surface area contributed by atoms with Crippen molar-refractivity contribution in [2.75, 3.05) is 25.0 Å². The number of carbonyl (C=O) groups excluding carboxylic acids is 3. The third-order valence-corrected chi connectivity index (χ3v) is 6.67. The lowest BCUT2D eigenvalue weighted by molar-refractivity contribution is -0.166. The van der Waals surface area contributed by atoms with Crippen LogP contribution in [0.4, 0.5) is 19.3 Å². The highest BCUT2D eigenvalue weighted by atomic mass is 19.3. The predicted octanol–water partition coefficient (Wildman–Crippen LogP) is 3.45. The van der Waals surface area contributed by atoms with E-state index in [1.54, 1.807) is 41.6 Å².